The number of hydrogen-bond acceptors (Lipinski definition) is 1. The molecule has 0 spiro atoms. The van der Waals surface area contributed by atoms with Crippen molar-refractivity contribution in [2.75, 3.05) is 0 Å². The highest BCUT2D eigenvalue weighted by atomic mass is 79.9. The summed E-state index contributed by atoms with van der Waals surface area (Å²) in [6, 6.07) is 0. The van der Waals surface area contributed by atoms with Crippen LogP contribution in [0.15, 0.2) is 15.2 Å². The zero-order valence-electron chi connectivity index (χ0n) is 6.44. The second-order valence-electron chi connectivity index (χ2n) is 3.38. The van der Waals surface area contributed by atoms with E-state index in [9.17, 15) is 0 Å². The van der Waals surface area contributed by atoms with Crippen LogP contribution in [0.2, 0.25) is 19.6 Å². The van der Waals surface area contributed by atoms with Crippen LogP contribution in [-0.2, 0) is 0 Å². The van der Waals surface area contributed by atoms with Crippen molar-refractivity contribution in [2.24, 2.45) is 0 Å². The van der Waals surface area contributed by atoms with Gasteiger partial charge in [-0.05, 0) is 10.6 Å². The largest absolute Gasteiger partial charge is 0.151 e. The summed E-state index contributed by atoms with van der Waals surface area (Å²) in [6.45, 7) is 7.08. The van der Waals surface area contributed by atoms with Crippen LogP contribution in [0.5, 0.6) is 0 Å². The molecule has 0 nitrogen and oxygen atoms in total. The molecule has 0 atom stereocenters. The molecule has 1 rings (SSSR count). The van der Waals surface area contributed by atoms with Crippen LogP contribution in [0.25, 0.3) is 0 Å². The molecule has 0 saturated carbocycles. The lowest BCUT2D eigenvalue weighted by Gasteiger charge is -2.14. The van der Waals surface area contributed by atoms with Gasteiger partial charge in [0, 0.05) is 9.85 Å². The van der Waals surface area contributed by atoms with Crippen molar-refractivity contribution < 1.29 is 0 Å². The van der Waals surface area contributed by atoms with Crippen LogP contribution in [0, 0.1) is 0 Å². The Morgan fingerprint density at radius 1 is 1.30 bits per heavy atom. The molecule has 10 heavy (non-hydrogen) atoms. The topological polar surface area (TPSA) is 0 Å². The van der Waals surface area contributed by atoms with E-state index in [1.807, 2.05) is 0 Å². The number of thiophene rings is 1. The molecule has 1 aromatic rings. The maximum atomic E-state index is 3.55. The third-order valence-electron chi connectivity index (χ3n) is 1.42. The van der Waals surface area contributed by atoms with Crippen molar-refractivity contribution in [3.63, 3.8) is 0 Å². The molecule has 56 valence electrons. The first kappa shape index (κ1) is 8.49. The van der Waals surface area contributed by atoms with Crippen molar-refractivity contribution in [1.82, 2.24) is 0 Å². The molecule has 0 fully saturated rings. The summed E-state index contributed by atoms with van der Waals surface area (Å²) in [7, 11) is -1.06. The quantitative estimate of drug-likeness (QED) is 0.656. The molecule has 0 aromatic carbocycles. The summed E-state index contributed by atoms with van der Waals surface area (Å²) in [4.78, 5) is 0. The summed E-state index contributed by atoms with van der Waals surface area (Å²) in [6.07, 6.45) is 0. The Hall–Kier alpha value is 0.397. The van der Waals surface area contributed by atoms with E-state index >= 15 is 0 Å². The summed E-state index contributed by atoms with van der Waals surface area (Å²) < 4.78 is 1.30. The number of rotatable bonds is 1. The van der Waals surface area contributed by atoms with Gasteiger partial charge in [-0.2, -0.15) is 11.3 Å². The molecular weight excluding hydrogens is 224 g/mol. The first-order valence-corrected chi connectivity index (χ1v) is 8.47. The van der Waals surface area contributed by atoms with E-state index < -0.39 is 8.07 Å². The van der Waals surface area contributed by atoms with Crippen molar-refractivity contribution in [3.8, 4) is 0 Å². The summed E-state index contributed by atoms with van der Waals surface area (Å²) in [5.41, 5.74) is 0. The monoisotopic (exact) mass is 234 g/mol. The van der Waals surface area contributed by atoms with Gasteiger partial charge >= 0.3 is 0 Å². The minimum absolute atomic E-state index is 1.06. The highest BCUT2D eigenvalue weighted by molar-refractivity contribution is 9.10. The Bertz CT molecular complexity index is 224. The SMILES string of the molecule is C[Si](C)(C)c1cscc1Br. The van der Waals surface area contributed by atoms with Crippen molar-refractivity contribution >= 4 is 40.5 Å². The first-order chi connectivity index (χ1) is 4.52. The van der Waals surface area contributed by atoms with Gasteiger partial charge in [-0.1, -0.05) is 35.6 Å². The molecule has 0 N–H and O–H groups in total. The van der Waals surface area contributed by atoms with Crippen LogP contribution >= 0.6 is 27.3 Å². The van der Waals surface area contributed by atoms with Gasteiger partial charge in [0.2, 0.25) is 0 Å². The molecular formula is C7H11BrSSi. The van der Waals surface area contributed by atoms with Crippen LogP contribution in [-0.4, -0.2) is 8.07 Å². The van der Waals surface area contributed by atoms with E-state index in [4.69, 9.17) is 0 Å². The maximum Gasteiger partial charge on any atom is 0.0801 e. The lowest BCUT2D eigenvalue weighted by Crippen LogP contribution is -2.37. The second-order valence-corrected chi connectivity index (χ2v) is 10.0. The van der Waals surface area contributed by atoms with Gasteiger partial charge < -0.3 is 0 Å². The van der Waals surface area contributed by atoms with Gasteiger partial charge in [0.1, 0.15) is 0 Å². The van der Waals surface area contributed by atoms with Crippen molar-refractivity contribution in [3.05, 3.63) is 15.2 Å². The van der Waals surface area contributed by atoms with Crippen molar-refractivity contribution in [1.29, 1.82) is 0 Å². The Morgan fingerprint density at radius 2 is 1.90 bits per heavy atom. The maximum absolute atomic E-state index is 3.55. The zero-order valence-corrected chi connectivity index (χ0v) is 9.84. The van der Waals surface area contributed by atoms with Crippen LogP contribution in [0.4, 0.5) is 0 Å². The van der Waals surface area contributed by atoms with E-state index in [1.54, 1.807) is 11.3 Å². The molecule has 0 radical (unpaired) electrons. The smallest absolute Gasteiger partial charge is 0.0801 e. The van der Waals surface area contributed by atoms with E-state index in [2.05, 4.69) is 46.3 Å². The van der Waals surface area contributed by atoms with Gasteiger partial charge in [0.15, 0.2) is 0 Å². The van der Waals surface area contributed by atoms with Crippen LogP contribution in [0.1, 0.15) is 0 Å². The number of halogens is 1. The standard InChI is InChI=1S/C7H11BrSSi/c1-10(2,3)7-5-9-4-6(7)8/h4-5H,1-3H3. The fraction of sp³-hybridized carbons (Fsp3) is 0.429. The molecule has 3 heteroatoms. The fourth-order valence-corrected chi connectivity index (χ4v) is 6.28. The average molecular weight is 235 g/mol. The molecule has 0 saturated heterocycles. The Balaban J connectivity index is 3.05. The molecule has 0 aliphatic rings. The van der Waals surface area contributed by atoms with Crippen LogP contribution in [0.3, 0.4) is 0 Å². The van der Waals surface area contributed by atoms with E-state index in [1.165, 1.54) is 9.66 Å². The predicted octanol–water partition coefficient (Wildman–Crippen LogP) is 3.06. The van der Waals surface area contributed by atoms with E-state index in [0.29, 0.717) is 0 Å². The second kappa shape index (κ2) is 2.79. The third-order valence-corrected chi connectivity index (χ3v) is 5.73. The van der Waals surface area contributed by atoms with E-state index in [0.717, 1.165) is 0 Å². The third kappa shape index (κ3) is 1.71. The molecule has 0 bridgehead atoms. The molecule has 0 aliphatic carbocycles. The van der Waals surface area contributed by atoms with Gasteiger partial charge in [-0.25, -0.2) is 0 Å². The minimum Gasteiger partial charge on any atom is -0.151 e. The molecule has 0 amide bonds. The molecule has 1 heterocycles. The normalized spacial score (nSPS) is 12.0. The Labute approximate surface area is 75.4 Å². The first-order valence-electron chi connectivity index (χ1n) is 3.24. The highest BCUT2D eigenvalue weighted by Gasteiger charge is 2.19. The number of hydrogen-bond donors (Lipinski definition) is 0. The summed E-state index contributed by atoms with van der Waals surface area (Å²) in [5.74, 6) is 0. The van der Waals surface area contributed by atoms with Gasteiger partial charge in [0.25, 0.3) is 0 Å². The minimum atomic E-state index is -1.06. The Morgan fingerprint density at radius 3 is 2.10 bits per heavy atom. The van der Waals surface area contributed by atoms with Crippen molar-refractivity contribution in [2.45, 2.75) is 19.6 Å². The molecule has 0 unspecified atom stereocenters. The average Bonchev–Trinajstić information content (AvgIpc) is 2.11. The highest BCUT2D eigenvalue weighted by Crippen LogP contribution is 2.16. The summed E-state index contributed by atoms with van der Waals surface area (Å²) >= 11 is 5.33. The Kier molecular flexibility index (Phi) is 2.37. The zero-order chi connectivity index (χ0) is 7.78. The van der Waals surface area contributed by atoms with Gasteiger partial charge in [-0.3, -0.25) is 0 Å². The lowest BCUT2D eigenvalue weighted by molar-refractivity contribution is 1.74. The summed E-state index contributed by atoms with van der Waals surface area (Å²) in [5, 5.41) is 5.96. The molecule has 1 aromatic heterocycles. The van der Waals surface area contributed by atoms with E-state index in [-0.39, 0.29) is 0 Å². The predicted molar refractivity (Wildman–Crippen MR) is 55.0 cm³/mol. The lowest BCUT2D eigenvalue weighted by atomic mass is 10.7. The molecule has 0 aliphatic heterocycles. The fourth-order valence-electron chi connectivity index (χ4n) is 0.817. The van der Waals surface area contributed by atoms with Crippen LogP contribution < -0.4 is 5.19 Å². The van der Waals surface area contributed by atoms with Gasteiger partial charge in [0.05, 0.1) is 8.07 Å². The van der Waals surface area contributed by atoms with Gasteiger partial charge in [-0.15, -0.1) is 0 Å².